The van der Waals surface area contributed by atoms with Crippen molar-refractivity contribution in [1.82, 2.24) is 9.73 Å². The first-order valence-corrected chi connectivity index (χ1v) is 10.8. The second-order valence-corrected chi connectivity index (χ2v) is 8.74. The van der Waals surface area contributed by atoms with Crippen LogP contribution in [0.2, 0.25) is 0 Å². The Labute approximate surface area is 176 Å². The van der Waals surface area contributed by atoms with E-state index in [0.717, 1.165) is 11.1 Å². The molecule has 156 valence electrons. The Hall–Kier alpha value is -3.23. The van der Waals surface area contributed by atoms with E-state index in [2.05, 4.69) is 10.5 Å². The number of amides is 1. The summed E-state index contributed by atoms with van der Waals surface area (Å²) in [5.41, 5.74) is 4.14. The number of benzene rings is 2. The van der Waals surface area contributed by atoms with E-state index in [1.807, 2.05) is 37.3 Å². The largest absolute Gasteiger partial charge is 0.459 e. The standard InChI is InChI=1S/C22H23N3O4S/c1-17-8-12-22(13-9-17)30(27,28)25(15-19-6-4-3-5-7-19)16-21-11-10-20(29-21)14-23-24-18(2)26/h3-14H,15-16H2,1-2H3,(H,24,26)/b23-14-. The second kappa shape index (κ2) is 9.51. The topological polar surface area (TPSA) is 92.0 Å². The average Bonchev–Trinajstić information content (AvgIpc) is 3.16. The van der Waals surface area contributed by atoms with Crippen LogP contribution >= 0.6 is 0 Å². The zero-order valence-corrected chi connectivity index (χ0v) is 17.6. The lowest BCUT2D eigenvalue weighted by molar-refractivity contribution is -0.118. The number of hydrogen-bond acceptors (Lipinski definition) is 5. The summed E-state index contributed by atoms with van der Waals surface area (Å²) in [4.78, 5) is 11.1. The van der Waals surface area contributed by atoms with Gasteiger partial charge in [-0.2, -0.15) is 9.41 Å². The van der Waals surface area contributed by atoms with Crippen LogP contribution in [0.25, 0.3) is 0 Å². The van der Waals surface area contributed by atoms with Crippen LogP contribution in [-0.2, 0) is 27.9 Å². The summed E-state index contributed by atoms with van der Waals surface area (Å²) in [5.74, 6) is 0.577. The van der Waals surface area contributed by atoms with Gasteiger partial charge in [-0.05, 0) is 36.8 Å². The molecule has 0 aliphatic heterocycles. The van der Waals surface area contributed by atoms with Crippen molar-refractivity contribution in [2.45, 2.75) is 31.8 Å². The molecule has 1 aromatic heterocycles. The van der Waals surface area contributed by atoms with Gasteiger partial charge in [-0.1, -0.05) is 48.0 Å². The van der Waals surface area contributed by atoms with E-state index in [9.17, 15) is 13.2 Å². The maximum absolute atomic E-state index is 13.3. The minimum absolute atomic E-state index is 0.0546. The Morgan fingerprint density at radius 1 is 1.03 bits per heavy atom. The van der Waals surface area contributed by atoms with Gasteiger partial charge < -0.3 is 4.42 Å². The fourth-order valence-electron chi connectivity index (χ4n) is 2.78. The molecular weight excluding hydrogens is 402 g/mol. The van der Waals surface area contributed by atoms with Gasteiger partial charge in [0.25, 0.3) is 0 Å². The lowest BCUT2D eigenvalue weighted by Crippen LogP contribution is -2.30. The fourth-order valence-corrected chi connectivity index (χ4v) is 4.18. The lowest BCUT2D eigenvalue weighted by atomic mass is 10.2. The number of hydrogen-bond donors (Lipinski definition) is 1. The Bertz CT molecular complexity index is 1120. The minimum atomic E-state index is -3.75. The first-order chi connectivity index (χ1) is 14.3. The smallest absolute Gasteiger partial charge is 0.243 e. The van der Waals surface area contributed by atoms with Crippen molar-refractivity contribution in [3.05, 3.63) is 89.4 Å². The van der Waals surface area contributed by atoms with E-state index in [1.165, 1.54) is 17.4 Å². The molecule has 30 heavy (non-hydrogen) atoms. The lowest BCUT2D eigenvalue weighted by Gasteiger charge is -2.21. The Balaban J connectivity index is 1.86. The van der Waals surface area contributed by atoms with Gasteiger partial charge >= 0.3 is 0 Å². The number of rotatable bonds is 8. The van der Waals surface area contributed by atoms with Gasteiger partial charge in [0.15, 0.2) is 0 Å². The van der Waals surface area contributed by atoms with Crippen LogP contribution in [0.1, 0.15) is 29.6 Å². The number of carbonyl (C=O) groups is 1. The summed E-state index contributed by atoms with van der Waals surface area (Å²) in [7, 11) is -3.75. The molecule has 0 unspecified atom stereocenters. The third-order valence-corrected chi connectivity index (χ3v) is 6.09. The molecule has 0 aliphatic carbocycles. The van der Waals surface area contributed by atoms with E-state index in [-0.39, 0.29) is 23.9 Å². The van der Waals surface area contributed by atoms with Gasteiger partial charge in [-0.15, -0.1) is 0 Å². The molecule has 2 aromatic carbocycles. The molecule has 1 N–H and O–H groups in total. The second-order valence-electron chi connectivity index (χ2n) is 6.80. The number of aryl methyl sites for hydroxylation is 1. The van der Waals surface area contributed by atoms with Crippen molar-refractivity contribution in [1.29, 1.82) is 0 Å². The summed E-state index contributed by atoms with van der Waals surface area (Å²) in [6.07, 6.45) is 1.36. The molecule has 0 fully saturated rings. The van der Waals surface area contributed by atoms with Crippen LogP contribution in [0.15, 0.2) is 81.1 Å². The van der Waals surface area contributed by atoms with Gasteiger partial charge in [0.2, 0.25) is 15.9 Å². The number of nitrogens with zero attached hydrogens (tertiary/aromatic N) is 2. The van der Waals surface area contributed by atoms with Crippen molar-refractivity contribution in [2.24, 2.45) is 5.10 Å². The number of nitrogens with one attached hydrogen (secondary N) is 1. The zero-order chi connectivity index (χ0) is 21.6. The fraction of sp³-hybridized carbons (Fsp3) is 0.182. The number of furan rings is 1. The molecule has 0 saturated heterocycles. The molecular formula is C22H23N3O4S. The predicted molar refractivity (Wildman–Crippen MR) is 114 cm³/mol. The van der Waals surface area contributed by atoms with Gasteiger partial charge in [-0.25, -0.2) is 13.8 Å². The van der Waals surface area contributed by atoms with Gasteiger partial charge in [-0.3, -0.25) is 4.79 Å². The molecule has 0 atom stereocenters. The van der Waals surface area contributed by atoms with Gasteiger partial charge in [0.05, 0.1) is 17.7 Å². The van der Waals surface area contributed by atoms with E-state index in [4.69, 9.17) is 4.42 Å². The van der Waals surface area contributed by atoms with Crippen LogP contribution in [0.3, 0.4) is 0 Å². The van der Waals surface area contributed by atoms with E-state index < -0.39 is 10.0 Å². The van der Waals surface area contributed by atoms with Crippen molar-refractivity contribution in [3.63, 3.8) is 0 Å². The van der Waals surface area contributed by atoms with Crippen LogP contribution in [-0.4, -0.2) is 24.8 Å². The summed E-state index contributed by atoms with van der Waals surface area (Å²) in [6, 6.07) is 19.5. The van der Waals surface area contributed by atoms with Crippen molar-refractivity contribution in [2.75, 3.05) is 0 Å². The Kier molecular flexibility index (Phi) is 6.81. The van der Waals surface area contributed by atoms with Crippen LogP contribution in [0.5, 0.6) is 0 Å². The van der Waals surface area contributed by atoms with Crippen LogP contribution in [0.4, 0.5) is 0 Å². The summed E-state index contributed by atoms with van der Waals surface area (Å²) >= 11 is 0. The van der Waals surface area contributed by atoms with Crippen LogP contribution in [0, 0.1) is 6.92 Å². The molecule has 0 radical (unpaired) electrons. The number of sulfonamides is 1. The predicted octanol–water partition coefficient (Wildman–Crippen LogP) is 3.45. The van der Waals surface area contributed by atoms with Gasteiger partial charge in [0.1, 0.15) is 11.5 Å². The monoisotopic (exact) mass is 425 g/mol. The molecule has 0 bridgehead atoms. The normalized spacial score (nSPS) is 11.8. The van der Waals surface area contributed by atoms with Crippen LogP contribution < -0.4 is 5.43 Å². The number of hydrazone groups is 1. The van der Waals surface area contributed by atoms with E-state index in [1.54, 1.807) is 36.4 Å². The van der Waals surface area contributed by atoms with Crippen molar-refractivity contribution >= 4 is 22.1 Å². The maximum atomic E-state index is 13.3. The molecule has 3 aromatic rings. The third-order valence-electron chi connectivity index (χ3n) is 4.29. The highest BCUT2D eigenvalue weighted by Crippen LogP contribution is 2.22. The SMILES string of the molecule is CC(=O)N/N=C\c1ccc(CN(Cc2ccccc2)S(=O)(=O)c2ccc(C)cc2)o1. The molecule has 0 aliphatic rings. The minimum Gasteiger partial charge on any atom is -0.459 e. The third kappa shape index (κ3) is 5.65. The quantitative estimate of drug-likeness (QED) is 0.442. The van der Waals surface area contributed by atoms with E-state index in [0.29, 0.717) is 11.5 Å². The maximum Gasteiger partial charge on any atom is 0.243 e. The highest BCUT2D eigenvalue weighted by Gasteiger charge is 2.26. The first-order valence-electron chi connectivity index (χ1n) is 9.34. The molecule has 3 rings (SSSR count). The Morgan fingerprint density at radius 3 is 2.40 bits per heavy atom. The van der Waals surface area contributed by atoms with Crippen molar-refractivity contribution in [3.8, 4) is 0 Å². The molecule has 8 heteroatoms. The first kappa shape index (κ1) is 21.5. The van der Waals surface area contributed by atoms with Crippen molar-refractivity contribution < 1.29 is 17.6 Å². The molecule has 0 saturated carbocycles. The average molecular weight is 426 g/mol. The summed E-state index contributed by atoms with van der Waals surface area (Å²) in [6.45, 7) is 3.51. The number of carbonyl (C=O) groups excluding carboxylic acids is 1. The van der Waals surface area contributed by atoms with E-state index >= 15 is 0 Å². The summed E-state index contributed by atoms with van der Waals surface area (Å²) in [5, 5.41) is 3.76. The molecule has 1 heterocycles. The molecule has 0 spiro atoms. The zero-order valence-electron chi connectivity index (χ0n) is 16.8. The molecule has 1 amide bonds. The van der Waals surface area contributed by atoms with Gasteiger partial charge in [0, 0.05) is 13.5 Å². The Morgan fingerprint density at radius 2 is 1.73 bits per heavy atom. The molecule has 7 nitrogen and oxygen atoms in total. The highest BCUT2D eigenvalue weighted by molar-refractivity contribution is 7.89. The summed E-state index contributed by atoms with van der Waals surface area (Å²) < 4.78 is 33.7. The highest BCUT2D eigenvalue weighted by atomic mass is 32.2.